The summed E-state index contributed by atoms with van der Waals surface area (Å²) in [6.07, 6.45) is 5.28. The van der Waals surface area contributed by atoms with Crippen LogP contribution in [0.4, 0.5) is 0 Å². The van der Waals surface area contributed by atoms with E-state index in [4.69, 9.17) is 0 Å². The lowest BCUT2D eigenvalue weighted by Crippen LogP contribution is -2.42. The topological polar surface area (TPSA) is 15.3 Å². The van der Waals surface area contributed by atoms with E-state index >= 15 is 0 Å². The van der Waals surface area contributed by atoms with Gasteiger partial charge in [0.1, 0.15) is 0 Å². The molecule has 1 heterocycles. The van der Waals surface area contributed by atoms with Crippen LogP contribution in [0.2, 0.25) is 0 Å². The summed E-state index contributed by atoms with van der Waals surface area (Å²) in [5, 5.41) is 3.62. The molecule has 1 atom stereocenters. The fraction of sp³-hybridized carbons (Fsp3) is 0.667. The average Bonchev–Trinajstić information content (AvgIpc) is 2.42. The molecule has 0 saturated carbocycles. The molecule has 1 N–H and O–H groups in total. The smallest absolute Gasteiger partial charge is 0.0217 e. The molecular weight excluding hydrogens is 244 g/mol. The van der Waals surface area contributed by atoms with Crippen LogP contribution >= 0.6 is 0 Å². The first kappa shape index (κ1) is 15.5. The Morgan fingerprint density at radius 1 is 1.15 bits per heavy atom. The first-order chi connectivity index (χ1) is 9.65. The van der Waals surface area contributed by atoms with E-state index in [1.807, 2.05) is 0 Å². The van der Waals surface area contributed by atoms with E-state index in [9.17, 15) is 0 Å². The van der Waals surface area contributed by atoms with Crippen LogP contribution < -0.4 is 5.32 Å². The normalized spacial score (nSPS) is 20.5. The Morgan fingerprint density at radius 3 is 2.50 bits per heavy atom. The maximum atomic E-state index is 3.62. The van der Waals surface area contributed by atoms with E-state index in [0.29, 0.717) is 0 Å². The molecule has 2 rings (SSSR count). The molecule has 1 saturated heterocycles. The van der Waals surface area contributed by atoms with Gasteiger partial charge in [0.05, 0.1) is 0 Å². The molecule has 2 nitrogen and oxygen atoms in total. The molecular formula is C18H30N2. The highest BCUT2D eigenvalue weighted by Crippen LogP contribution is 2.14. The van der Waals surface area contributed by atoms with Crippen LogP contribution in [-0.2, 0) is 13.0 Å². The fourth-order valence-corrected chi connectivity index (χ4v) is 3.05. The molecule has 0 spiro atoms. The molecule has 0 radical (unpaired) electrons. The summed E-state index contributed by atoms with van der Waals surface area (Å²) in [4.78, 5) is 2.50. The number of hydrogen-bond acceptors (Lipinski definition) is 2. The second-order valence-electron chi connectivity index (χ2n) is 6.68. The van der Waals surface area contributed by atoms with Crippen LogP contribution in [0.15, 0.2) is 24.3 Å². The van der Waals surface area contributed by atoms with Crippen LogP contribution in [0.1, 0.15) is 44.2 Å². The zero-order chi connectivity index (χ0) is 14.4. The van der Waals surface area contributed by atoms with Crippen LogP contribution in [0.3, 0.4) is 0 Å². The fourth-order valence-electron chi connectivity index (χ4n) is 3.05. The summed E-state index contributed by atoms with van der Waals surface area (Å²) in [7, 11) is 2.26. The van der Waals surface area contributed by atoms with Crippen molar-refractivity contribution in [2.75, 3.05) is 20.1 Å². The maximum Gasteiger partial charge on any atom is 0.0217 e. The summed E-state index contributed by atoms with van der Waals surface area (Å²) in [5.41, 5.74) is 2.85. The molecule has 0 amide bonds. The number of hydrogen-bond donors (Lipinski definition) is 1. The van der Waals surface area contributed by atoms with Crippen LogP contribution in [0.5, 0.6) is 0 Å². The first-order valence-electron chi connectivity index (χ1n) is 8.14. The number of likely N-dealkylation sites (tertiary alicyclic amines) is 1. The van der Waals surface area contributed by atoms with Crippen molar-refractivity contribution < 1.29 is 0 Å². The molecule has 1 aliphatic rings. The SMILES string of the molecule is CC(C)Cc1ccc(CNCC2CCCCN2C)cc1. The van der Waals surface area contributed by atoms with Gasteiger partial charge in [0.25, 0.3) is 0 Å². The van der Waals surface area contributed by atoms with Crippen molar-refractivity contribution in [3.05, 3.63) is 35.4 Å². The summed E-state index contributed by atoms with van der Waals surface area (Å²) >= 11 is 0. The number of nitrogens with zero attached hydrogens (tertiary/aromatic N) is 1. The Bertz CT molecular complexity index is 383. The van der Waals surface area contributed by atoms with E-state index in [1.165, 1.54) is 43.4 Å². The molecule has 1 fully saturated rings. The standard InChI is InChI=1S/C18H30N2/c1-15(2)12-16-7-9-17(10-8-16)13-19-14-18-6-4-5-11-20(18)3/h7-10,15,18-19H,4-6,11-14H2,1-3H3. The van der Waals surface area contributed by atoms with Gasteiger partial charge in [-0.15, -0.1) is 0 Å². The third-order valence-corrected chi connectivity index (χ3v) is 4.30. The number of nitrogens with one attached hydrogen (secondary N) is 1. The number of rotatable bonds is 6. The van der Waals surface area contributed by atoms with E-state index in [-0.39, 0.29) is 0 Å². The Labute approximate surface area is 124 Å². The summed E-state index contributed by atoms with van der Waals surface area (Å²) in [6.45, 7) is 7.92. The second kappa shape index (κ2) is 7.80. The van der Waals surface area contributed by atoms with Gasteiger partial charge in [0, 0.05) is 19.1 Å². The highest BCUT2D eigenvalue weighted by Gasteiger charge is 2.17. The highest BCUT2D eigenvalue weighted by atomic mass is 15.2. The molecule has 1 unspecified atom stereocenters. The number of piperidine rings is 1. The van der Waals surface area contributed by atoms with Gasteiger partial charge in [-0.2, -0.15) is 0 Å². The lowest BCUT2D eigenvalue weighted by atomic mass is 10.0. The van der Waals surface area contributed by atoms with Gasteiger partial charge < -0.3 is 10.2 Å². The number of likely N-dealkylation sites (N-methyl/N-ethyl adjacent to an activating group) is 1. The van der Waals surface area contributed by atoms with E-state index in [2.05, 4.69) is 55.4 Å². The van der Waals surface area contributed by atoms with E-state index in [0.717, 1.165) is 25.0 Å². The third-order valence-electron chi connectivity index (χ3n) is 4.30. The molecule has 1 aliphatic heterocycles. The van der Waals surface area contributed by atoms with Crippen molar-refractivity contribution in [3.8, 4) is 0 Å². The minimum atomic E-state index is 0.726. The molecule has 112 valence electrons. The van der Waals surface area contributed by atoms with Crippen molar-refractivity contribution in [3.63, 3.8) is 0 Å². The Hall–Kier alpha value is -0.860. The molecule has 0 aromatic heterocycles. The maximum absolute atomic E-state index is 3.62. The summed E-state index contributed by atoms with van der Waals surface area (Å²) in [6, 6.07) is 9.84. The number of benzene rings is 1. The van der Waals surface area contributed by atoms with Crippen LogP contribution in [0.25, 0.3) is 0 Å². The minimum Gasteiger partial charge on any atom is -0.311 e. The van der Waals surface area contributed by atoms with Crippen molar-refractivity contribution >= 4 is 0 Å². The van der Waals surface area contributed by atoms with Crippen molar-refractivity contribution in [2.45, 2.75) is 52.1 Å². The monoisotopic (exact) mass is 274 g/mol. The predicted molar refractivity (Wildman–Crippen MR) is 87.0 cm³/mol. The van der Waals surface area contributed by atoms with Gasteiger partial charge in [0.15, 0.2) is 0 Å². The highest BCUT2D eigenvalue weighted by molar-refractivity contribution is 5.22. The second-order valence-corrected chi connectivity index (χ2v) is 6.68. The Morgan fingerprint density at radius 2 is 1.85 bits per heavy atom. The van der Waals surface area contributed by atoms with E-state index in [1.54, 1.807) is 0 Å². The molecule has 1 aromatic rings. The average molecular weight is 274 g/mol. The largest absolute Gasteiger partial charge is 0.311 e. The Kier molecular flexibility index (Phi) is 6.06. The first-order valence-corrected chi connectivity index (χ1v) is 8.14. The summed E-state index contributed by atoms with van der Waals surface area (Å²) < 4.78 is 0. The molecule has 0 bridgehead atoms. The van der Waals surface area contributed by atoms with E-state index < -0.39 is 0 Å². The van der Waals surface area contributed by atoms with Crippen molar-refractivity contribution in [1.82, 2.24) is 10.2 Å². The zero-order valence-electron chi connectivity index (χ0n) is 13.4. The lowest BCUT2D eigenvalue weighted by molar-refractivity contribution is 0.181. The van der Waals surface area contributed by atoms with Gasteiger partial charge in [-0.3, -0.25) is 0 Å². The molecule has 0 aliphatic carbocycles. The van der Waals surface area contributed by atoms with Crippen molar-refractivity contribution in [1.29, 1.82) is 0 Å². The van der Waals surface area contributed by atoms with Crippen LogP contribution in [-0.4, -0.2) is 31.1 Å². The van der Waals surface area contributed by atoms with Gasteiger partial charge in [-0.05, 0) is 49.9 Å². The minimum absolute atomic E-state index is 0.726. The Balaban J connectivity index is 1.73. The molecule has 20 heavy (non-hydrogen) atoms. The molecule has 2 heteroatoms. The molecule has 1 aromatic carbocycles. The van der Waals surface area contributed by atoms with Crippen LogP contribution in [0, 0.1) is 5.92 Å². The van der Waals surface area contributed by atoms with Gasteiger partial charge in [-0.1, -0.05) is 44.5 Å². The zero-order valence-corrected chi connectivity index (χ0v) is 13.4. The van der Waals surface area contributed by atoms with Gasteiger partial charge in [0.2, 0.25) is 0 Å². The van der Waals surface area contributed by atoms with Gasteiger partial charge >= 0.3 is 0 Å². The summed E-state index contributed by atoms with van der Waals surface area (Å²) in [5.74, 6) is 0.737. The quantitative estimate of drug-likeness (QED) is 0.854. The van der Waals surface area contributed by atoms with Gasteiger partial charge in [-0.25, -0.2) is 0 Å². The lowest BCUT2D eigenvalue weighted by Gasteiger charge is -2.32. The third kappa shape index (κ3) is 4.92. The predicted octanol–water partition coefficient (Wildman–Crippen LogP) is 3.46. The van der Waals surface area contributed by atoms with Crippen molar-refractivity contribution in [2.24, 2.45) is 5.92 Å².